The minimum Gasteiger partial charge on any atom is -0.371 e. The summed E-state index contributed by atoms with van der Waals surface area (Å²) in [4.78, 5) is 4.41. The van der Waals surface area contributed by atoms with Gasteiger partial charge >= 0.3 is 0 Å². The van der Waals surface area contributed by atoms with Crippen LogP contribution in [-0.4, -0.2) is 11.6 Å². The van der Waals surface area contributed by atoms with E-state index in [2.05, 4.69) is 25.8 Å². The van der Waals surface area contributed by atoms with E-state index in [-0.39, 0.29) is 6.10 Å². The zero-order valence-corrected chi connectivity index (χ0v) is 11.8. The van der Waals surface area contributed by atoms with Gasteiger partial charge in [0.1, 0.15) is 11.1 Å². The lowest BCUT2D eigenvalue weighted by atomic mass is 10.1. The Balaban J connectivity index is 2.37. The number of halogens is 1. The van der Waals surface area contributed by atoms with Crippen LogP contribution in [0.25, 0.3) is 0 Å². The summed E-state index contributed by atoms with van der Waals surface area (Å²) in [6, 6.07) is 0. The lowest BCUT2D eigenvalue weighted by Gasteiger charge is -2.14. The molecule has 0 saturated heterocycles. The van der Waals surface area contributed by atoms with Crippen LogP contribution in [0.3, 0.4) is 0 Å². The quantitative estimate of drug-likeness (QED) is 0.679. The van der Waals surface area contributed by atoms with E-state index in [9.17, 15) is 0 Å². The lowest BCUT2D eigenvalue weighted by Crippen LogP contribution is -2.08. The molecule has 0 aliphatic carbocycles. The third-order valence-corrected chi connectivity index (χ3v) is 3.79. The Morgan fingerprint density at radius 1 is 1.50 bits per heavy atom. The van der Waals surface area contributed by atoms with Gasteiger partial charge in [-0.3, -0.25) is 0 Å². The normalized spacial score (nSPS) is 15.0. The fourth-order valence-electron chi connectivity index (χ4n) is 1.53. The van der Waals surface area contributed by atoms with Crippen molar-refractivity contribution in [3.05, 3.63) is 16.1 Å². The van der Waals surface area contributed by atoms with Crippen LogP contribution in [-0.2, 0) is 10.6 Å². The van der Waals surface area contributed by atoms with Crippen LogP contribution in [0.4, 0.5) is 0 Å². The average Bonchev–Trinajstić information content (AvgIpc) is 2.75. The summed E-state index contributed by atoms with van der Waals surface area (Å²) < 4.78 is 5.81. The van der Waals surface area contributed by atoms with Crippen molar-refractivity contribution in [3.63, 3.8) is 0 Å². The van der Waals surface area contributed by atoms with Crippen LogP contribution in [0, 0.1) is 5.92 Å². The zero-order valence-electron chi connectivity index (χ0n) is 10.2. The molecule has 0 fully saturated rings. The predicted molar refractivity (Wildman–Crippen MR) is 70.1 cm³/mol. The van der Waals surface area contributed by atoms with E-state index in [1.165, 1.54) is 12.8 Å². The minimum atomic E-state index is 0.0845. The number of thiazole rings is 1. The van der Waals surface area contributed by atoms with E-state index in [4.69, 9.17) is 16.3 Å². The van der Waals surface area contributed by atoms with Crippen molar-refractivity contribution < 1.29 is 4.74 Å². The summed E-state index contributed by atoms with van der Waals surface area (Å²) in [5, 5.41) is 3.02. The molecule has 1 aromatic heterocycles. The Morgan fingerprint density at radius 3 is 2.81 bits per heavy atom. The molecule has 0 aliphatic heterocycles. The Bertz CT molecular complexity index is 303. The summed E-state index contributed by atoms with van der Waals surface area (Å²) in [7, 11) is 0. The van der Waals surface area contributed by atoms with E-state index < -0.39 is 0 Å². The number of nitrogens with zero attached hydrogens (tertiary/aromatic N) is 1. The van der Waals surface area contributed by atoms with Gasteiger partial charge in [0.15, 0.2) is 0 Å². The molecule has 2 unspecified atom stereocenters. The van der Waals surface area contributed by atoms with Crippen LogP contribution in [0.15, 0.2) is 5.38 Å². The highest BCUT2D eigenvalue weighted by atomic mass is 35.5. The van der Waals surface area contributed by atoms with Crippen LogP contribution >= 0.6 is 22.9 Å². The van der Waals surface area contributed by atoms with E-state index in [0.29, 0.717) is 11.8 Å². The van der Waals surface area contributed by atoms with Gasteiger partial charge in [-0.25, -0.2) is 4.98 Å². The Morgan fingerprint density at radius 2 is 2.25 bits per heavy atom. The highest BCUT2D eigenvalue weighted by Gasteiger charge is 2.12. The van der Waals surface area contributed by atoms with Crippen molar-refractivity contribution in [1.82, 2.24) is 4.98 Å². The SMILES string of the molecule is CCCC(C)COC(C)c1nc(CCl)cs1. The summed E-state index contributed by atoms with van der Waals surface area (Å²) in [5.74, 6) is 1.11. The van der Waals surface area contributed by atoms with Gasteiger partial charge < -0.3 is 4.74 Å². The van der Waals surface area contributed by atoms with Gasteiger partial charge in [-0.2, -0.15) is 0 Å². The third-order valence-electron chi connectivity index (χ3n) is 2.47. The van der Waals surface area contributed by atoms with Gasteiger partial charge in [-0.05, 0) is 19.3 Å². The first-order valence-electron chi connectivity index (χ1n) is 5.79. The zero-order chi connectivity index (χ0) is 12.0. The molecule has 0 spiro atoms. The maximum absolute atomic E-state index is 5.81. The summed E-state index contributed by atoms with van der Waals surface area (Å²) >= 11 is 7.34. The molecule has 1 aromatic rings. The molecule has 16 heavy (non-hydrogen) atoms. The Kier molecular flexibility index (Phi) is 6.32. The van der Waals surface area contributed by atoms with E-state index in [1.807, 2.05) is 5.38 Å². The fourth-order valence-corrected chi connectivity index (χ4v) is 2.58. The molecule has 0 aliphatic rings. The maximum atomic E-state index is 5.81. The van der Waals surface area contributed by atoms with Crippen molar-refractivity contribution >= 4 is 22.9 Å². The average molecular weight is 262 g/mol. The van der Waals surface area contributed by atoms with Crippen molar-refractivity contribution in [2.75, 3.05) is 6.61 Å². The highest BCUT2D eigenvalue weighted by Crippen LogP contribution is 2.23. The van der Waals surface area contributed by atoms with Gasteiger partial charge in [0, 0.05) is 5.38 Å². The Hall–Kier alpha value is -0.120. The Labute approximate surface area is 107 Å². The third kappa shape index (κ3) is 4.40. The molecule has 0 saturated carbocycles. The lowest BCUT2D eigenvalue weighted by molar-refractivity contribution is 0.0410. The first-order valence-corrected chi connectivity index (χ1v) is 7.20. The molecular formula is C12H20ClNOS. The highest BCUT2D eigenvalue weighted by molar-refractivity contribution is 7.09. The van der Waals surface area contributed by atoms with Crippen LogP contribution in [0.2, 0.25) is 0 Å². The molecule has 2 atom stereocenters. The number of hydrogen-bond donors (Lipinski definition) is 0. The summed E-state index contributed by atoms with van der Waals surface area (Å²) in [6.45, 7) is 7.29. The molecule has 1 heterocycles. The molecule has 0 aromatic carbocycles. The van der Waals surface area contributed by atoms with Gasteiger partial charge in [0.2, 0.25) is 0 Å². The first-order chi connectivity index (χ1) is 7.67. The number of rotatable bonds is 7. The molecular weight excluding hydrogens is 242 g/mol. The van der Waals surface area contributed by atoms with Crippen molar-refractivity contribution in [2.24, 2.45) is 5.92 Å². The second kappa shape index (κ2) is 7.25. The molecule has 1 rings (SSSR count). The molecule has 4 heteroatoms. The number of aromatic nitrogens is 1. The molecule has 0 amide bonds. The summed E-state index contributed by atoms with van der Waals surface area (Å²) in [5.41, 5.74) is 0.943. The second-order valence-corrected chi connectivity index (χ2v) is 5.34. The first kappa shape index (κ1) is 13.9. The van der Waals surface area contributed by atoms with E-state index in [1.54, 1.807) is 11.3 Å². The summed E-state index contributed by atoms with van der Waals surface area (Å²) in [6.07, 6.45) is 2.52. The van der Waals surface area contributed by atoms with Gasteiger partial charge in [-0.1, -0.05) is 20.3 Å². The number of alkyl halides is 1. The largest absolute Gasteiger partial charge is 0.371 e. The van der Waals surface area contributed by atoms with E-state index >= 15 is 0 Å². The predicted octanol–water partition coefficient (Wildman–Crippen LogP) is 4.40. The minimum absolute atomic E-state index is 0.0845. The topological polar surface area (TPSA) is 22.1 Å². The van der Waals surface area contributed by atoms with Crippen molar-refractivity contribution in [3.8, 4) is 0 Å². The van der Waals surface area contributed by atoms with Crippen LogP contribution in [0.5, 0.6) is 0 Å². The van der Waals surface area contributed by atoms with Gasteiger partial charge in [0.05, 0.1) is 18.2 Å². The fraction of sp³-hybridized carbons (Fsp3) is 0.750. The molecule has 0 N–H and O–H groups in total. The van der Waals surface area contributed by atoms with Gasteiger partial charge in [0.25, 0.3) is 0 Å². The van der Waals surface area contributed by atoms with Crippen molar-refractivity contribution in [1.29, 1.82) is 0 Å². The molecule has 0 bridgehead atoms. The van der Waals surface area contributed by atoms with Crippen LogP contribution in [0.1, 0.15) is 50.4 Å². The molecule has 0 radical (unpaired) electrons. The smallest absolute Gasteiger partial charge is 0.122 e. The molecule has 2 nitrogen and oxygen atoms in total. The van der Waals surface area contributed by atoms with Crippen LogP contribution < -0.4 is 0 Å². The second-order valence-electron chi connectivity index (χ2n) is 4.18. The maximum Gasteiger partial charge on any atom is 0.122 e. The standard InChI is InChI=1S/C12H20ClNOS/c1-4-5-9(2)7-15-10(3)12-14-11(6-13)8-16-12/h8-10H,4-7H2,1-3H3. The number of ether oxygens (including phenoxy) is 1. The van der Waals surface area contributed by atoms with E-state index in [0.717, 1.165) is 17.3 Å². The number of hydrogen-bond acceptors (Lipinski definition) is 3. The van der Waals surface area contributed by atoms with Gasteiger partial charge in [-0.15, -0.1) is 22.9 Å². The molecule has 92 valence electrons. The monoisotopic (exact) mass is 261 g/mol. The van der Waals surface area contributed by atoms with Crippen molar-refractivity contribution in [2.45, 2.75) is 45.6 Å².